The molecule has 0 aliphatic heterocycles. The summed E-state index contributed by atoms with van der Waals surface area (Å²) in [6.07, 6.45) is 0.759. The fourth-order valence-corrected chi connectivity index (χ4v) is 0.831. The molecule has 0 N–H and O–H groups in total. The lowest BCUT2D eigenvalue weighted by Crippen LogP contribution is -1.77. The van der Waals surface area contributed by atoms with Gasteiger partial charge in [0.25, 0.3) is 0 Å². The van der Waals surface area contributed by atoms with Crippen molar-refractivity contribution in [1.82, 2.24) is 0 Å². The number of hydrogen-bond donors (Lipinski definition) is 0. The average molecular weight is 153 g/mol. The number of hydrogen-bond acceptors (Lipinski definition) is 0. The van der Waals surface area contributed by atoms with Gasteiger partial charge in [0.2, 0.25) is 0 Å². The Morgan fingerprint density at radius 2 is 1.83 bits per heavy atom. The summed E-state index contributed by atoms with van der Waals surface area (Å²) >= 11 is 0. The molecule has 1 rings (SSSR count). The van der Waals surface area contributed by atoms with Crippen molar-refractivity contribution < 1.29 is 0 Å². The Bertz CT molecular complexity index is 338. The lowest BCUT2D eigenvalue weighted by molar-refractivity contribution is 1.32. The van der Waals surface area contributed by atoms with Crippen LogP contribution < -0.4 is 0 Å². The van der Waals surface area contributed by atoms with E-state index < -0.39 is 0 Å². The van der Waals surface area contributed by atoms with Gasteiger partial charge in [0.05, 0.1) is 0 Å². The van der Waals surface area contributed by atoms with Crippen LogP contribution in [-0.2, 0) is 6.42 Å². The van der Waals surface area contributed by atoms with Crippen molar-refractivity contribution in [2.45, 2.75) is 6.42 Å². The molecule has 0 saturated heterocycles. The molecule has 0 heteroatoms. The predicted molar refractivity (Wildman–Crippen MR) is 51.1 cm³/mol. The van der Waals surface area contributed by atoms with Crippen LogP contribution in [0.15, 0.2) is 30.3 Å². The molecule has 1 aromatic rings. The fourth-order valence-electron chi connectivity index (χ4n) is 0.831. The maximum absolute atomic E-state index is 3.37. The van der Waals surface area contributed by atoms with Crippen molar-refractivity contribution >= 4 is 0 Å². The summed E-state index contributed by atoms with van der Waals surface area (Å²) in [5, 5.41) is 0. The minimum atomic E-state index is 0.759. The summed E-state index contributed by atoms with van der Waals surface area (Å²) in [7, 11) is 0. The Labute approximate surface area is 73.6 Å². The number of rotatable bonds is 1. The summed E-state index contributed by atoms with van der Waals surface area (Å²) in [6, 6.07) is 10.1. The van der Waals surface area contributed by atoms with E-state index in [0.29, 0.717) is 0 Å². The summed E-state index contributed by atoms with van der Waals surface area (Å²) in [6.45, 7) is 3.37. The first kappa shape index (κ1) is 8.44. The van der Waals surface area contributed by atoms with Crippen molar-refractivity contribution in [2.24, 2.45) is 0 Å². The molecular formula is C12H9. The standard InChI is InChI=1S/C12H9/c1-2-3-4-6-9-12-10-7-5-8-11-12/h5,7-8,10-11H,1,9H2. The third kappa shape index (κ3) is 2.95. The van der Waals surface area contributed by atoms with Crippen molar-refractivity contribution in [3.63, 3.8) is 0 Å². The van der Waals surface area contributed by atoms with E-state index >= 15 is 0 Å². The first-order valence-corrected chi connectivity index (χ1v) is 3.72. The Kier molecular flexibility index (Phi) is 3.55. The Morgan fingerprint density at radius 3 is 2.50 bits per heavy atom. The highest BCUT2D eigenvalue weighted by Gasteiger charge is 1.83. The van der Waals surface area contributed by atoms with Gasteiger partial charge >= 0.3 is 0 Å². The Morgan fingerprint density at radius 1 is 1.08 bits per heavy atom. The second-order valence-electron chi connectivity index (χ2n) is 2.27. The van der Waals surface area contributed by atoms with Crippen LogP contribution in [0.5, 0.6) is 0 Å². The molecule has 0 saturated carbocycles. The van der Waals surface area contributed by atoms with E-state index in [1.54, 1.807) is 0 Å². The third-order valence-electron chi connectivity index (χ3n) is 1.37. The lowest BCUT2D eigenvalue weighted by Gasteiger charge is -1.89. The van der Waals surface area contributed by atoms with Crippen molar-refractivity contribution in [3.8, 4) is 23.7 Å². The lowest BCUT2D eigenvalue weighted by atomic mass is 10.2. The summed E-state index contributed by atoms with van der Waals surface area (Å²) in [4.78, 5) is 0. The molecule has 0 heterocycles. The highest BCUT2D eigenvalue weighted by atomic mass is 13.9. The smallest absolute Gasteiger partial charge is 0.0350 e. The second kappa shape index (κ2) is 5.05. The maximum atomic E-state index is 3.37. The summed E-state index contributed by atoms with van der Waals surface area (Å²) < 4.78 is 0. The predicted octanol–water partition coefficient (Wildman–Crippen LogP) is 2.07. The number of benzene rings is 1. The maximum Gasteiger partial charge on any atom is 0.0350 e. The van der Waals surface area contributed by atoms with Crippen LogP contribution in [0.3, 0.4) is 0 Å². The first-order valence-electron chi connectivity index (χ1n) is 3.72. The van der Waals surface area contributed by atoms with E-state index in [9.17, 15) is 0 Å². The normalized spacial score (nSPS) is 7.42. The van der Waals surface area contributed by atoms with E-state index in [1.807, 2.05) is 30.3 Å². The van der Waals surface area contributed by atoms with Crippen LogP contribution in [0.25, 0.3) is 0 Å². The molecule has 12 heavy (non-hydrogen) atoms. The largest absolute Gasteiger partial charge is 0.0881 e. The molecular weight excluding hydrogens is 144 g/mol. The fraction of sp³-hybridized carbons (Fsp3) is 0.0833. The quantitative estimate of drug-likeness (QED) is 0.542. The van der Waals surface area contributed by atoms with E-state index in [2.05, 4.69) is 30.6 Å². The molecule has 0 nitrogen and oxygen atoms in total. The van der Waals surface area contributed by atoms with Gasteiger partial charge in [-0.05, 0) is 17.4 Å². The molecule has 0 unspecified atom stereocenters. The molecule has 0 amide bonds. The molecule has 0 aromatic heterocycles. The van der Waals surface area contributed by atoms with Gasteiger partial charge in [-0.25, -0.2) is 0 Å². The minimum absolute atomic E-state index is 0.759. The van der Waals surface area contributed by atoms with E-state index in [4.69, 9.17) is 0 Å². The van der Waals surface area contributed by atoms with Crippen LogP contribution in [-0.4, -0.2) is 0 Å². The molecule has 0 fully saturated rings. The van der Waals surface area contributed by atoms with Crippen LogP contribution in [0, 0.1) is 30.6 Å². The first-order chi connectivity index (χ1) is 5.93. The highest BCUT2D eigenvalue weighted by molar-refractivity contribution is 5.29. The van der Waals surface area contributed by atoms with Gasteiger partial charge in [0.1, 0.15) is 0 Å². The van der Waals surface area contributed by atoms with E-state index in [-0.39, 0.29) is 0 Å². The van der Waals surface area contributed by atoms with Gasteiger partial charge in [-0.2, -0.15) is 0 Å². The monoisotopic (exact) mass is 153 g/mol. The molecule has 0 aliphatic carbocycles. The molecule has 0 bridgehead atoms. The topological polar surface area (TPSA) is 0 Å². The van der Waals surface area contributed by atoms with Crippen molar-refractivity contribution in [3.05, 3.63) is 42.8 Å². The van der Waals surface area contributed by atoms with Crippen LogP contribution >= 0.6 is 0 Å². The van der Waals surface area contributed by atoms with Gasteiger partial charge in [0, 0.05) is 13.3 Å². The molecule has 1 radical (unpaired) electrons. The average Bonchev–Trinajstić information content (AvgIpc) is 2.14. The van der Waals surface area contributed by atoms with Gasteiger partial charge < -0.3 is 0 Å². The van der Waals surface area contributed by atoms with Crippen LogP contribution in [0.2, 0.25) is 0 Å². The van der Waals surface area contributed by atoms with Crippen LogP contribution in [0.4, 0.5) is 0 Å². The van der Waals surface area contributed by atoms with E-state index in [0.717, 1.165) is 6.42 Å². The van der Waals surface area contributed by atoms with E-state index in [1.165, 1.54) is 5.56 Å². The zero-order valence-corrected chi connectivity index (χ0v) is 6.80. The van der Waals surface area contributed by atoms with Gasteiger partial charge in [-0.1, -0.05) is 42.2 Å². The summed E-state index contributed by atoms with van der Waals surface area (Å²) in [5.41, 5.74) is 1.22. The Hall–Kier alpha value is -1.66. The summed E-state index contributed by atoms with van der Waals surface area (Å²) in [5.74, 6) is 10.7. The molecule has 57 valence electrons. The Balaban J connectivity index is 2.54. The second-order valence-corrected chi connectivity index (χ2v) is 2.27. The molecule has 0 atom stereocenters. The molecule has 0 aliphatic rings. The van der Waals surface area contributed by atoms with Gasteiger partial charge in [-0.15, -0.1) is 0 Å². The molecule has 1 aromatic carbocycles. The molecule has 0 spiro atoms. The van der Waals surface area contributed by atoms with Gasteiger partial charge in [0.15, 0.2) is 0 Å². The SMILES string of the molecule is [CH2]C#CC#CCc1ccccc1. The zero-order valence-electron chi connectivity index (χ0n) is 6.80. The van der Waals surface area contributed by atoms with Crippen molar-refractivity contribution in [2.75, 3.05) is 0 Å². The third-order valence-corrected chi connectivity index (χ3v) is 1.37. The highest BCUT2D eigenvalue weighted by Crippen LogP contribution is 1.97. The minimum Gasteiger partial charge on any atom is -0.0881 e. The van der Waals surface area contributed by atoms with Gasteiger partial charge in [-0.3, -0.25) is 0 Å². The van der Waals surface area contributed by atoms with Crippen LogP contribution in [0.1, 0.15) is 5.56 Å². The van der Waals surface area contributed by atoms with Crippen molar-refractivity contribution in [1.29, 1.82) is 0 Å². The zero-order chi connectivity index (χ0) is 8.65.